The van der Waals surface area contributed by atoms with E-state index in [0.29, 0.717) is 13.2 Å². The average molecular weight is 356 g/mol. The number of ether oxygens (including phenoxy) is 1. The minimum Gasteiger partial charge on any atom is -0.448 e. The van der Waals surface area contributed by atoms with Crippen LogP contribution in [0.5, 0.6) is 0 Å². The van der Waals surface area contributed by atoms with Crippen LogP contribution >= 0.6 is 11.6 Å². The highest BCUT2D eigenvalue weighted by atomic mass is 35.5. The van der Waals surface area contributed by atoms with Crippen LogP contribution in [-0.2, 0) is 11.3 Å². The number of carbonyl (C=O) groups excluding carboxylic acids is 1. The highest BCUT2D eigenvalue weighted by molar-refractivity contribution is 6.30. The molecular formula is C18H30ClN3O2. The van der Waals surface area contributed by atoms with Gasteiger partial charge in [-0.05, 0) is 52.6 Å². The summed E-state index contributed by atoms with van der Waals surface area (Å²) >= 11 is 5.94. The van der Waals surface area contributed by atoms with Gasteiger partial charge in [-0.25, -0.2) is 4.79 Å². The number of likely N-dealkylation sites (N-methyl/N-ethyl adjacent to an activating group) is 1. The van der Waals surface area contributed by atoms with Crippen molar-refractivity contribution in [2.75, 3.05) is 40.3 Å². The van der Waals surface area contributed by atoms with Crippen LogP contribution in [0.15, 0.2) is 24.3 Å². The lowest BCUT2D eigenvalue weighted by molar-refractivity contribution is 0.116. The number of carbonyl (C=O) groups is 1. The van der Waals surface area contributed by atoms with Crippen molar-refractivity contribution in [2.45, 2.75) is 32.9 Å². The summed E-state index contributed by atoms with van der Waals surface area (Å²) in [5.41, 5.74) is 0.905. The molecule has 24 heavy (non-hydrogen) atoms. The number of alkyl carbamates (subject to hydrolysis) is 1. The Morgan fingerprint density at radius 3 is 2.29 bits per heavy atom. The van der Waals surface area contributed by atoms with Gasteiger partial charge in [-0.2, -0.15) is 0 Å². The van der Waals surface area contributed by atoms with Gasteiger partial charge in [0.2, 0.25) is 0 Å². The van der Waals surface area contributed by atoms with Crippen molar-refractivity contribution in [3.63, 3.8) is 0 Å². The van der Waals surface area contributed by atoms with E-state index in [-0.39, 0.29) is 11.6 Å². The number of hydrogen-bond donors (Lipinski definition) is 1. The van der Waals surface area contributed by atoms with E-state index < -0.39 is 0 Å². The van der Waals surface area contributed by atoms with E-state index in [1.807, 2.05) is 59.1 Å². The van der Waals surface area contributed by atoms with Crippen molar-refractivity contribution in [3.8, 4) is 0 Å². The van der Waals surface area contributed by atoms with Crippen LogP contribution in [0.4, 0.5) is 4.79 Å². The molecule has 0 aromatic heterocycles. The van der Waals surface area contributed by atoms with Crippen molar-refractivity contribution < 1.29 is 9.53 Å². The van der Waals surface area contributed by atoms with Gasteiger partial charge in [0.15, 0.2) is 0 Å². The molecule has 0 unspecified atom stereocenters. The smallest absolute Gasteiger partial charge is 0.407 e. The quantitative estimate of drug-likeness (QED) is 0.777. The standard InChI is InChI=1S/C18H30ClN3O2/c1-18(2,3)20-17(23)24-13-12-22(11-10-21(4)5)14-15-6-8-16(19)9-7-15/h6-9H,10-14H2,1-5H3,(H,20,23). The van der Waals surface area contributed by atoms with E-state index in [2.05, 4.69) is 15.1 Å². The highest BCUT2D eigenvalue weighted by Gasteiger charge is 2.15. The van der Waals surface area contributed by atoms with Crippen molar-refractivity contribution in [2.24, 2.45) is 0 Å². The molecule has 1 rings (SSSR count). The fourth-order valence-corrected chi connectivity index (χ4v) is 2.20. The lowest BCUT2D eigenvalue weighted by Crippen LogP contribution is -2.42. The normalized spacial score (nSPS) is 11.8. The Morgan fingerprint density at radius 2 is 1.75 bits per heavy atom. The molecule has 0 aliphatic heterocycles. The Labute approximate surface area is 150 Å². The molecule has 0 heterocycles. The molecule has 1 N–H and O–H groups in total. The van der Waals surface area contributed by atoms with Gasteiger partial charge >= 0.3 is 6.09 Å². The van der Waals surface area contributed by atoms with Crippen LogP contribution in [0.25, 0.3) is 0 Å². The average Bonchev–Trinajstić information content (AvgIpc) is 2.44. The molecule has 0 aliphatic rings. The molecule has 136 valence electrons. The van der Waals surface area contributed by atoms with Gasteiger partial charge in [-0.1, -0.05) is 23.7 Å². The topological polar surface area (TPSA) is 44.8 Å². The lowest BCUT2D eigenvalue weighted by Gasteiger charge is -2.25. The second-order valence-corrected chi connectivity index (χ2v) is 7.65. The first-order chi connectivity index (χ1) is 11.2. The third-order valence-electron chi connectivity index (χ3n) is 3.30. The molecular weight excluding hydrogens is 326 g/mol. The van der Waals surface area contributed by atoms with Gasteiger partial charge < -0.3 is 15.0 Å². The van der Waals surface area contributed by atoms with E-state index >= 15 is 0 Å². The summed E-state index contributed by atoms with van der Waals surface area (Å²) in [6.45, 7) is 9.49. The second kappa shape index (κ2) is 9.87. The van der Waals surface area contributed by atoms with E-state index in [1.54, 1.807) is 0 Å². The number of amides is 1. The van der Waals surface area contributed by atoms with Gasteiger partial charge in [-0.3, -0.25) is 4.90 Å². The molecule has 1 aromatic rings. The summed E-state index contributed by atoms with van der Waals surface area (Å²) in [5.74, 6) is 0. The van der Waals surface area contributed by atoms with Crippen LogP contribution in [0.2, 0.25) is 5.02 Å². The maximum Gasteiger partial charge on any atom is 0.407 e. The predicted octanol–water partition coefficient (Wildman–Crippen LogP) is 3.23. The summed E-state index contributed by atoms with van der Waals surface area (Å²) in [6, 6.07) is 7.85. The zero-order valence-corrected chi connectivity index (χ0v) is 16.2. The summed E-state index contributed by atoms with van der Waals surface area (Å²) in [5, 5.41) is 3.53. The minimum atomic E-state index is -0.374. The number of halogens is 1. The summed E-state index contributed by atoms with van der Waals surface area (Å²) in [6.07, 6.45) is -0.374. The molecule has 0 bridgehead atoms. The summed E-state index contributed by atoms with van der Waals surface area (Å²) < 4.78 is 5.29. The Kier molecular flexibility index (Phi) is 8.53. The third kappa shape index (κ3) is 9.75. The number of nitrogens with one attached hydrogen (secondary N) is 1. The van der Waals surface area contributed by atoms with Crippen molar-refractivity contribution in [1.82, 2.24) is 15.1 Å². The van der Waals surface area contributed by atoms with E-state index in [1.165, 1.54) is 5.56 Å². The minimum absolute atomic E-state index is 0.287. The number of hydrogen-bond acceptors (Lipinski definition) is 4. The largest absolute Gasteiger partial charge is 0.448 e. The zero-order valence-electron chi connectivity index (χ0n) is 15.4. The Morgan fingerprint density at radius 1 is 1.12 bits per heavy atom. The van der Waals surface area contributed by atoms with Gasteiger partial charge in [0, 0.05) is 36.7 Å². The van der Waals surface area contributed by atoms with Crippen LogP contribution in [0.1, 0.15) is 26.3 Å². The fourth-order valence-electron chi connectivity index (χ4n) is 2.07. The van der Waals surface area contributed by atoms with Crippen LogP contribution < -0.4 is 5.32 Å². The van der Waals surface area contributed by atoms with E-state index in [0.717, 1.165) is 24.7 Å². The van der Waals surface area contributed by atoms with Gasteiger partial charge in [0.05, 0.1) is 0 Å². The first kappa shape index (κ1) is 20.7. The Hall–Kier alpha value is -1.30. The van der Waals surface area contributed by atoms with Crippen LogP contribution in [-0.4, -0.2) is 61.8 Å². The molecule has 5 nitrogen and oxygen atoms in total. The molecule has 0 atom stereocenters. The monoisotopic (exact) mass is 355 g/mol. The number of nitrogens with zero attached hydrogens (tertiary/aromatic N) is 2. The predicted molar refractivity (Wildman–Crippen MR) is 99.5 cm³/mol. The maximum atomic E-state index is 11.7. The molecule has 0 fully saturated rings. The molecule has 0 saturated heterocycles. The van der Waals surface area contributed by atoms with Gasteiger partial charge in [-0.15, -0.1) is 0 Å². The number of benzene rings is 1. The fraction of sp³-hybridized carbons (Fsp3) is 0.611. The molecule has 0 aliphatic carbocycles. The Balaban J connectivity index is 2.49. The van der Waals surface area contributed by atoms with Gasteiger partial charge in [0.25, 0.3) is 0 Å². The van der Waals surface area contributed by atoms with Crippen molar-refractivity contribution >= 4 is 17.7 Å². The van der Waals surface area contributed by atoms with Gasteiger partial charge in [0.1, 0.15) is 6.61 Å². The van der Waals surface area contributed by atoms with Crippen molar-refractivity contribution in [1.29, 1.82) is 0 Å². The first-order valence-electron chi connectivity index (χ1n) is 8.22. The number of rotatable bonds is 8. The maximum absolute atomic E-state index is 11.7. The SMILES string of the molecule is CN(C)CCN(CCOC(=O)NC(C)(C)C)Cc1ccc(Cl)cc1. The Bertz CT molecular complexity index is 498. The summed E-state index contributed by atoms with van der Waals surface area (Å²) in [7, 11) is 4.10. The van der Waals surface area contributed by atoms with E-state index in [9.17, 15) is 4.79 Å². The molecule has 0 radical (unpaired) electrons. The van der Waals surface area contributed by atoms with Crippen LogP contribution in [0.3, 0.4) is 0 Å². The molecule has 0 saturated carbocycles. The van der Waals surface area contributed by atoms with Crippen LogP contribution in [0, 0.1) is 0 Å². The molecule has 0 spiro atoms. The second-order valence-electron chi connectivity index (χ2n) is 7.22. The first-order valence-corrected chi connectivity index (χ1v) is 8.60. The lowest BCUT2D eigenvalue weighted by atomic mass is 10.1. The third-order valence-corrected chi connectivity index (χ3v) is 3.55. The zero-order chi connectivity index (χ0) is 18.2. The highest BCUT2D eigenvalue weighted by Crippen LogP contribution is 2.11. The molecule has 1 amide bonds. The van der Waals surface area contributed by atoms with Crippen molar-refractivity contribution in [3.05, 3.63) is 34.9 Å². The summed E-state index contributed by atoms with van der Waals surface area (Å²) in [4.78, 5) is 16.1. The molecule has 1 aromatic carbocycles. The van der Waals surface area contributed by atoms with E-state index in [4.69, 9.17) is 16.3 Å². The molecule has 6 heteroatoms.